The van der Waals surface area contributed by atoms with Gasteiger partial charge >= 0.3 is 6.09 Å². The van der Waals surface area contributed by atoms with Gasteiger partial charge in [0.15, 0.2) is 0 Å². The van der Waals surface area contributed by atoms with Gasteiger partial charge in [0.25, 0.3) is 5.91 Å². The van der Waals surface area contributed by atoms with E-state index < -0.39 is 17.6 Å². The highest BCUT2D eigenvalue weighted by Gasteiger charge is 2.27. The minimum absolute atomic E-state index is 0.0276. The summed E-state index contributed by atoms with van der Waals surface area (Å²) in [5.41, 5.74) is 12.1. The Bertz CT molecular complexity index is 1530. The molecule has 0 spiro atoms. The molecule has 0 saturated carbocycles. The Morgan fingerprint density at radius 2 is 1.63 bits per heavy atom. The highest BCUT2D eigenvalue weighted by molar-refractivity contribution is 6.01. The van der Waals surface area contributed by atoms with Crippen molar-refractivity contribution in [1.82, 2.24) is 9.80 Å². The standard InChI is InChI=1S/C32H36N4O5/c1-32(2,3)41-31(39)34-27-9-7-19(18-28(27)40-5)21-15-24-23-8-6-20(30(38)36-12-10-35(4)11-13-36)14-22(23)17-25(24)26(16-21)29(33)37/h6-9,14-16,18H,10-13,17H2,1-5H3,(H2,33,37)(H,34,39). The fourth-order valence-corrected chi connectivity index (χ4v) is 5.40. The number of amides is 3. The number of nitrogens with one attached hydrogen (secondary N) is 1. The smallest absolute Gasteiger partial charge is 0.412 e. The zero-order valence-corrected chi connectivity index (χ0v) is 24.2. The first-order valence-electron chi connectivity index (χ1n) is 13.7. The quantitative estimate of drug-likeness (QED) is 0.366. The van der Waals surface area contributed by atoms with E-state index in [1.165, 1.54) is 7.11 Å². The number of methoxy groups -OCH3 is 1. The number of nitrogens with two attached hydrogens (primary N) is 1. The third kappa shape index (κ3) is 5.90. The Morgan fingerprint density at radius 1 is 0.902 bits per heavy atom. The van der Waals surface area contributed by atoms with Crippen molar-refractivity contribution in [2.75, 3.05) is 45.7 Å². The lowest BCUT2D eigenvalue weighted by Crippen LogP contribution is -2.47. The molecule has 1 heterocycles. The van der Waals surface area contributed by atoms with Gasteiger partial charge in [0.2, 0.25) is 5.91 Å². The zero-order valence-electron chi connectivity index (χ0n) is 24.2. The van der Waals surface area contributed by atoms with Crippen molar-refractivity contribution in [3.8, 4) is 28.0 Å². The predicted molar refractivity (Wildman–Crippen MR) is 158 cm³/mol. The number of hydrogen-bond donors (Lipinski definition) is 2. The Kier molecular flexibility index (Phi) is 7.48. The van der Waals surface area contributed by atoms with Crippen LogP contribution in [0.15, 0.2) is 48.5 Å². The number of fused-ring (bicyclic) bond motifs is 3. The second kappa shape index (κ2) is 10.9. The van der Waals surface area contributed by atoms with E-state index in [0.29, 0.717) is 42.1 Å². The number of hydrogen-bond acceptors (Lipinski definition) is 6. The molecule has 3 N–H and O–H groups in total. The molecule has 3 amide bonds. The lowest BCUT2D eigenvalue weighted by Gasteiger charge is -2.32. The summed E-state index contributed by atoms with van der Waals surface area (Å²) in [6, 6.07) is 15.0. The van der Waals surface area contributed by atoms with Crippen molar-refractivity contribution >= 4 is 23.6 Å². The van der Waals surface area contributed by atoms with Gasteiger partial charge in [-0.05, 0) is 104 Å². The fourth-order valence-electron chi connectivity index (χ4n) is 5.40. The molecule has 1 aliphatic heterocycles. The van der Waals surface area contributed by atoms with Crippen LogP contribution in [0.1, 0.15) is 52.6 Å². The summed E-state index contributed by atoms with van der Waals surface area (Å²) in [4.78, 5) is 42.2. The number of nitrogens with zero attached hydrogens (tertiary/aromatic N) is 2. The maximum atomic E-state index is 13.2. The minimum Gasteiger partial charge on any atom is -0.495 e. The van der Waals surface area contributed by atoms with Crippen LogP contribution in [0.3, 0.4) is 0 Å². The molecule has 9 nitrogen and oxygen atoms in total. The first kappa shape index (κ1) is 28.2. The van der Waals surface area contributed by atoms with Gasteiger partial charge in [-0.25, -0.2) is 4.79 Å². The number of likely N-dealkylation sites (N-methyl/N-ethyl adjacent to an activating group) is 1. The van der Waals surface area contributed by atoms with Gasteiger partial charge in [0.05, 0.1) is 12.8 Å². The van der Waals surface area contributed by atoms with Gasteiger partial charge in [-0.2, -0.15) is 0 Å². The summed E-state index contributed by atoms with van der Waals surface area (Å²) in [7, 11) is 3.58. The second-order valence-electron chi connectivity index (χ2n) is 11.6. The van der Waals surface area contributed by atoms with E-state index in [1.54, 1.807) is 39.0 Å². The van der Waals surface area contributed by atoms with E-state index in [-0.39, 0.29) is 5.91 Å². The zero-order chi connectivity index (χ0) is 29.5. The van der Waals surface area contributed by atoms with E-state index in [9.17, 15) is 14.4 Å². The minimum atomic E-state index is -0.637. The molecular weight excluding hydrogens is 520 g/mol. The number of anilines is 1. The molecule has 0 bridgehead atoms. The van der Waals surface area contributed by atoms with Gasteiger partial charge in [-0.3, -0.25) is 14.9 Å². The Balaban J connectivity index is 1.47. The molecule has 1 fully saturated rings. The maximum absolute atomic E-state index is 13.2. The average molecular weight is 557 g/mol. The Morgan fingerprint density at radius 3 is 2.29 bits per heavy atom. The molecule has 3 aromatic rings. The molecular formula is C32H36N4O5. The van der Waals surface area contributed by atoms with Crippen molar-refractivity contribution in [1.29, 1.82) is 0 Å². The van der Waals surface area contributed by atoms with Crippen LogP contribution in [0.4, 0.5) is 10.5 Å². The third-order valence-corrected chi connectivity index (χ3v) is 7.49. The van der Waals surface area contributed by atoms with E-state index >= 15 is 0 Å². The van der Waals surface area contributed by atoms with Crippen LogP contribution in [0, 0.1) is 0 Å². The first-order valence-corrected chi connectivity index (χ1v) is 13.7. The number of benzene rings is 3. The molecule has 9 heteroatoms. The van der Waals surface area contributed by atoms with Crippen molar-refractivity contribution in [3.05, 3.63) is 70.8 Å². The van der Waals surface area contributed by atoms with E-state index in [2.05, 4.69) is 17.3 Å². The number of carbonyl (C=O) groups excluding carboxylic acids is 3. The van der Waals surface area contributed by atoms with E-state index in [0.717, 1.165) is 46.5 Å². The summed E-state index contributed by atoms with van der Waals surface area (Å²) < 4.78 is 10.9. The van der Waals surface area contributed by atoms with Crippen LogP contribution < -0.4 is 15.8 Å². The summed E-state index contributed by atoms with van der Waals surface area (Å²) in [5, 5.41) is 2.73. The molecule has 2 aliphatic rings. The number of ether oxygens (including phenoxy) is 2. The Labute approximate surface area is 240 Å². The van der Waals surface area contributed by atoms with Crippen molar-refractivity contribution in [2.45, 2.75) is 32.8 Å². The van der Waals surface area contributed by atoms with Gasteiger partial charge in [0.1, 0.15) is 11.4 Å². The summed E-state index contributed by atoms with van der Waals surface area (Å²) in [6.07, 6.45) is -0.0611. The lowest BCUT2D eigenvalue weighted by atomic mass is 9.93. The molecule has 0 atom stereocenters. The number of rotatable bonds is 5. The monoisotopic (exact) mass is 556 g/mol. The average Bonchev–Trinajstić information content (AvgIpc) is 3.29. The molecule has 0 aromatic heterocycles. The largest absolute Gasteiger partial charge is 0.495 e. The molecule has 0 unspecified atom stereocenters. The third-order valence-electron chi connectivity index (χ3n) is 7.49. The van der Waals surface area contributed by atoms with Crippen LogP contribution in [-0.4, -0.2) is 73.6 Å². The number of carbonyl (C=O) groups is 3. The van der Waals surface area contributed by atoms with Gasteiger partial charge in [0, 0.05) is 37.3 Å². The topological polar surface area (TPSA) is 114 Å². The SMILES string of the molecule is COc1cc(-c2cc(C(N)=O)c3c(c2)-c2ccc(C(=O)N4CCN(C)CC4)cc2C3)ccc1NC(=O)OC(C)(C)C. The molecule has 214 valence electrons. The van der Waals surface area contributed by atoms with Gasteiger partial charge < -0.3 is 25.0 Å². The molecule has 1 aliphatic carbocycles. The van der Waals surface area contributed by atoms with E-state index in [1.807, 2.05) is 35.2 Å². The highest BCUT2D eigenvalue weighted by Crippen LogP contribution is 2.42. The summed E-state index contributed by atoms with van der Waals surface area (Å²) in [6.45, 7) is 8.50. The molecule has 1 saturated heterocycles. The van der Waals surface area contributed by atoms with Crippen LogP contribution in [0.5, 0.6) is 5.75 Å². The van der Waals surface area contributed by atoms with Crippen LogP contribution in [0.2, 0.25) is 0 Å². The highest BCUT2D eigenvalue weighted by atomic mass is 16.6. The summed E-state index contributed by atoms with van der Waals surface area (Å²) >= 11 is 0. The fraction of sp³-hybridized carbons (Fsp3) is 0.344. The molecule has 41 heavy (non-hydrogen) atoms. The maximum Gasteiger partial charge on any atom is 0.412 e. The normalized spacial score (nSPS) is 14.7. The van der Waals surface area contributed by atoms with Gasteiger partial charge in [-0.1, -0.05) is 12.1 Å². The van der Waals surface area contributed by atoms with Crippen molar-refractivity contribution < 1.29 is 23.9 Å². The van der Waals surface area contributed by atoms with Gasteiger partial charge in [-0.15, -0.1) is 0 Å². The van der Waals surface area contributed by atoms with Crippen LogP contribution in [0.25, 0.3) is 22.3 Å². The van der Waals surface area contributed by atoms with Crippen LogP contribution in [-0.2, 0) is 11.2 Å². The first-order chi connectivity index (χ1) is 19.4. The number of piperazine rings is 1. The molecule has 3 aromatic carbocycles. The predicted octanol–water partition coefficient (Wildman–Crippen LogP) is 4.77. The van der Waals surface area contributed by atoms with Crippen molar-refractivity contribution in [2.24, 2.45) is 5.73 Å². The van der Waals surface area contributed by atoms with E-state index in [4.69, 9.17) is 15.2 Å². The second-order valence-corrected chi connectivity index (χ2v) is 11.6. The van der Waals surface area contributed by atoms with Crippen molar-refractivity contribution in [3.63, 3.8) is 0 Å². The summed E-state index contributed by atoms with van der Waals surface area (Å²) in [5.74, 6) is -0.0402. The molecule has 5 rings (SSSR count). The lowest BCUT2D eigenvalue weighted by molar-refractivity contribution is 0.0632. The number of primary amides is 1. The molecule has 0 radical (unpaired) electrons. The Hall–Kier alpha value is -4.37. The van der Waals surface area contributed by atoms with Crippen LogP contribution >= 0.6 is 0 Å².